The summed E-state index contributed by atoms with van der Waals surface area (Å²) in [5.41, 5.74) is 0. The van der Waals surface area contributed by atoms with Gasteiger partial charge in [-0.3, -0.25) is 14.4 Å². The van der Waals surface area contributed by atoms with Crippen molar-refractivity contribution in [2.45, 2.75) is 0 Å². The van der Waals surface area contributed by atoms with Crippen LogP contribution in [0.2, 0.25) is 0 Å². The number of hydrogen-bond donors (Lipinski definition) is 3. The number of ether oxygens (including phenoxy) is 9. The Morgan fingerprint density at radius 1 is 0.490 bits per heavy atom. The minimum atomic E-state index is -3.67. The van der Waals surface area contributed by atoms with Crippen molar-refractivity contribution in [3.05, 3.63) is 36.4 Å². The van der Waals surface area contributed by atoms with E-state index in [1.165, 1.54) is 64.0 Å². The van der Waals surface area contributed by atoms with Gasteiger partial charge in [0.05, 0.1) is 70.5 Å². The molecule has 0 unspecified atom stereocenters. The second-order valence-corrected chi connectivity index (χ2v) is 13.3. The van der Waals surface area contributed by atoms with Gasteiger partial charge in [-0.2, -0.15) is 0 Å². The molecule has 266 valence electrons. The lowest BCUT2D eigenvalue weighted by Gasteiger charge is -2.33. The highest BCUT2D eigenvalue weighted by atomic mass is 31.2. The maximum absolute atomic E-state index is 14.3. The quantitative estimate of drug-likeness (QED) is 0.162. The number of carboxylic acid groups (broad SMARTS) is 1. The predicted molar refractivity (Wildman–Crippen MR) is 183 cm³/mol. The second kappa shape index (κ2) is 17.2. The molecule has 0 aliphatic carbocycles. The lowest BCUT2D eigenvalue weighted by molar-refractivity contribution is -0.137. The maximum atomic E-state index is 14.3. The van der Waals surface area contributed by atoms with E-state index in [4.69, 9.17) is 47.7 Å². The zero-order valence-electron chi connectivity index (χ0n) is 28.9. The Kier molecular flexibility index (Phi) is 13.4. The molecular formula is C33H42N2O13P+. The smallest absolute Gasteiger partial charge is 0.322 e. The zero-order valence-corrected chi connectivity index (χ0v) is 29.8. The molecule has 0 aliphatic heterocycles. The van der Waals surface area contributed by atoms with Crippen LogP contribution >= 0.6 is 7.26 Å². The minimum absolute atomic E-state index is 0.274. The Hall–Kier alpha value is -5.30. The first-order valence-corrected chi connectivity index (χ1v) is 16.5. The molecule has 0 aliphatic rings. The summed E-state index contributed by atoms with van der Waals surface area (Å²) in [5, 5.41) is 15.1. The van der Waals surface area contributed by atoms with Gasteiger partial charge in [0.2, 0.25) is 5.91 Å². The van der Waals surface area contributed by atoms with Gasteiger partial charge in [-0.25, -0.2) is 0 Å². The van der Waals surface area contributed by atoms with Crippen molar-refractivity contribution in [2.24, 2.45) is 0 Å². The van der Waals surface area contributed by atoms with Crippen LogP contribution in [-0.4, -0.2) is 106 Å². The van der Waals surface area contributed by atoms with Gasteiger partial charge < -0.3 is 58.4 Å². The molecule has 0 saturated heterocycles. The molecule has 3 aromatic carbocycles. The first-order valence-electron chi connectivity index (χ1n) is 14.6. The lowest BCUT2D eigenvalue weighted by Crippen LogP contribution is -2.44. The van der Waals surface area contributed by atoms with Crippen LogP contribution in [0.5, 0.6) is 51.7 Å². The summed E-state index contributed by atoms with van der Waals surface area (Å²) >= 11 is 0. The third-order valence-corrected chi connectivity index (χ3v) is 11.9. The van der Waals surface area contributed by atoms with E-state index in [1.807, 2.05) is 0 Å². The van der Waals surface area contributed by atoms with E-state index >= 15 is 0 Å². The van der Waals surface area contributed by atoms with Crippen LogP contribution in [0.1, 0.15) is 0 Å². The van der Waals surface area contributed by atoms with Gasteiger partial charge in [0.1, 0.15) is 31.1 Å². The van der Waals surface area contributed by atoms with Crippen molar-refractivity contribution >= 4 is 41.0 Å². The first-order chi connectivity index (χ1) is 23.5. The van der Waals surface area contributed by atoms with Crippen LogP contribution in [0.25, 0.3) is 0 Å². The van der Waals surface area contributed by atoms with Crippen LogP contribution in [0.15, 0.2) is 36.4 Å². The number of benzene rings is 3. The van der Waals surface area contributed by atoms with Crippen LogP contribution < -0.4 is 69.2 Å². The molecule has 0 heterocycles. The highest BCUT2D eigenvalue weighted by Gasteiger charge is 2.59. The molecule has 0 atom stereocenters. The molecule has 2 amide bonds. The predicted octanol–water partition coefficient (Wildman–Crippen LogP) is 1.37. The van der Waals surface area contributed by atoms with Crippen LogP contribution in [0.3, 0.4) is 0 Å². The SMILES string of the molecule is COc1cc(OC)c([P+](CC(=O)NCC(=O)NCC(=O)O)(c2c(OC)cc(OC)cc2OC)c2c(OC)cc(OC)cc2OC)c(OC)c1. The van der Waals surface area contributed by atoms with Crippen LogP contribution in [0, 0.1) is 0 Å². The van der Waals surface area contributed by atoms with E-state index in [2.05, 4.69) is 10.6 Å². The van der Waals surface area contributed by atoms with Crippen LogP contribution in [-0.2, 0) is 14.4 Å². The number of nitrogens with one attached hydrogen (secondary N) is 2. The van der Waals surface area contributed by atoms with Crippen molar-refractivity contribution in [3.63, 3.8) is 0 Å². The van der Waals surface area contributed by atoms with Gasteiger partial charge in [0.25, 0.3) is 5.91 Å². The van der Waals surface area contributed by atoms with Crippen molar-refractivity contribution in [3.8, 4) is 51.7 Å². The molecular weight excluding hydrogens is 663 g/mol. The van der Waals surface area contributed by atoms with Crippen molar-refractivity contribution in [1.29, 1.82) is 0 Å². The van der Waals surface area contributed by atoms with Gasteiger partial charge in [0, 0.05) is 36.4 Å². The highest BCUT2D eigenvalue weighted by molar-refractivity contribution is 7.97. The first kappa shape index (κ1) is 38.2. The molecule has 49 heavy (non-hydrogen) atoms. The molecule has 0 aromatic heterocycles. The van der Waals surface area contributed by atoms with E-state index < -0.39 is 38.1 Å². The topological polar surface area (TPSA) is 179 Å². The van der Waals surface area contributed by atoms with Gasteiger partial charge in [-0.05, 0) is 0 Å². The summed E-state index contributed by atoms with van der Waals surface area (Å²) in [7, 11) is 9.58. The average Bonchev–Trinajstić information content (AvgIpc) is 3.13. The molecule has 3 aromatic rings. The molecule has 0 radical (unpaired) electrons. The number of aliphatic carboxylic acids is 1. The number of carbonyl (C=O) groups excluding carboxylic acids is 2. The maximum Gasteiger partial charge on any atom is 0.322 e. The second-order valence-electron chi connectivity index (χ2n) is 10.1. The average molecular weight is 706 g/mol. The van der Waals surface area contributed by atoms with Crippen molar-refractivity contribution in [2.75, 3.05) is 83.2 Å². The Bertz CT molecular complexity index is 1430. The summed E-state index contributed by atoms with van der Waals surface area (Å²) in [4.78, 5) is 37.8. The molecule has 0 saturated carbocycles. The largest absolute Gasteiger partial charge is 0.496 e. The number of amides is 2. The summed E-state index contributed by atoms with van der Waals surface area (Å²) in [6, 6.07) is 9.89. The Morgan fingerprint density at radius 2 is 0.776 bits per heavy atom. The third kappa shape index (κ3) is 8.06. The van der Waals surface area contributed by atoms with Crippen molar-refractivity contribution < 1.29 is 62.1 Å². The fraction of sp³-hybridized carbons (Fsp3) is 0.364. The fourth-order valence-electron chi connectivity index (χ4n) is 5.35. The minimum Gasteiger partial charge on any atom is -0.496 e. The Labute approximate surface area is 285 Å². The molecule has 0 spiro atoms. The van der Waals surface area contributed by atoms with E-state index in [-0.39, 0.29) is 40.7 Å². The molecule has 0 bridgehead atoms. The summed E-state index contributed by atoms with van der Waals surface area (Å²) in [6.07, 6.45) is -0.365. The number of rotatable bonds is 18. The zero-order chi connectivity index (χ0) is 36.3. The normalized spacial score (nSPS) is 10.7. The van der Waals surface area contributed by atoms with E-state index in [0.29, 0.717) is 33.2 Å². The Morgan fingerprint density at radius 3 is 1.02 bits per heavy atom. The van der Waals surface area contributed by atoms with Crippen molar-refractivity contribution in [1.82, 2.24) is 10.6 Å². The standard InChI is InChI=1S/C33H41N2O13P/c1-40-19-10-22(43-4)31(23(11-19)44-5)49(18-29(37)34-16-28(36)35-17-30(38)39,32-24(45-6)12-20(41-2)13-25(32)46-7)33-26(47-8)14-21(42-3)15-27(33)48-9/h10-15H,16-18H2,1-9H3,(H2-,34,35,36,37,38,39)/p+1. The Balaban J connectivity index is 2.65. The molecule has 0 fully saturated rings. The molecule has 16 heteroatoms. The van der Waals surface area contributed by atoms with Gasteiger partial charge in [-0.1, -0.05) is 0 Å². The monoisotopic (exact) mass is 705 g/mol. The van der Waals surface area contributed by atoms with Gasteiger partial charge in [0.15, 0.2) is 56.6 Å². The number of carboxylic acids is 1. The molecule has 3 N–H and O–H groups in total. The number of carbonyl (C=O) groups is 3. The number of methoxy groups -OCH3 is 9. The van der Waals surface area contributed by atoms with Crippen LogP contribution in [0.4, 0.5) is 0 Å². The molecule has 3 rings (SSSR count). The number of hydrogen-bond acceptors (Lipinski definition) is 12. The van der Waals surface area contributed by atoms with E-state index in [9.17, 15) is 14.4 Å². The highest BCUT2D eigenvalue weighted by Crippen LogP contribution is 2.66. The van der Waals surface area contributed by atoms with Gasteiger partial charge >= 0.3 is 5.97 Å². The summed E-state index contributed by atoms with van der Waals surface area (Å²) in [6.45, 7) is -1.14. The lowest BCUT2D eigenvalue weighted by atomic mass is 10.3. The van der Waals surface area contributed by atoms with Gasteiger partial charge in [-0.15, -0.1) is 0 Å². The summed E-state index contributed by atoms with van der Waals surface area (Å²) < 4.78 is 52.7. The summed E-state index contributed by atoms with van der Waals surface area (Å²) in [5.74, 6) is 0.290. The van der Waals surface area contributed by atoms with E-state index in [0.717, 1.165) is 0 Å². The van der Waals surface area contributed by atoms with E-state index in [1.54, 1.807) is 36.4 Å². The fourth-order valence-corrected chi connectivity index (χ4v) is 10.2. The molecule has 15 nitrogen and oxygen atoms in total. The third-order valence-electron chi connectivity index (χ3n) is 7.48.